The molecular weight excluding hydrogens is 484 g/mol. The highest BCUT2D eigenvalue weighted by Gasteiger charge is 2.26. The van der Waals surface area contributed by atoms with Crippen molar-refractivity contribution in [2.75, 3.05) is 13.2 Å². The summed E-state index contributed by atoms with van der Waals surface area (Å²) in [6.45, 7) is 5.93. The average molecular weight is 515 g/mol. The summed E-state index contributed by atoms with van der Waals surface area (Å²) >= 11 is 0. The largest absolute Gasteiger partial charge is 0.489 e. The fourth-order valence-corrected chi connectivity index (χ4v) is 4.71. The van der Waals surface area contributed by atoms with Crippen LogP contribution < -0.4 is 9.47 Å². The molecule has 0 atom stereocenters. The quantitative estimate of drug-likeness (QED) is 0.202. The monoisotopic (exact) mass is 514 g/mol. The van der Waals surface area contributed by atoms with E-state index in [1.807, 2.05) is 6.92 Å². The minimum absolute atomic E-state index is 0.0199. The molecule has 1 saturated carbocycles. The molecule has 0 saturated heterocycles. The molecule has 0 N–H and O–H groups in total. The van der Waals surface area contributed by atoms with E-state index in [0.717, 1.165) is 25.7 Å². The number of rotatable bonds is 10. The standard InChI is InChI=1S/C30H30F4O3/c1-3-17-36-26-16-9-21(27(31)30(26)34)18-37-23-12-7-20(8-13-23)25-15-14-24(28(32)29(25)33)19-5-10-22(11-6-19)35-4-2/h3,7-9,12-16,19,22H,1,4-6,10-11,17-18H2,2H3. The lowest BCUT2D eigenvalue weighted by atomic mass is 9.82. The van der Waals surface area contributed by atoms with Gasteiger partial charge in [0.05, 0.1) is 6.10 Å². The zero-order valence-electron chi connectivity index (χ0n) is 20.7. The summed E-state index contributed by atoms with van der Waals surface area (Å²) in [4.78, 5) is 0. The van der Waals surface area contributed by atoms with Gasteiger partial charge in [-0.1, -0.05) is 36.9 Å². The van der Waals surface area contributed by atoms with Gasteiger partial charge in [0.1, 0.15) is 19.0 Å². The molecule has 0 unspecified atom stereocenters. The van der Waals surface area contributed by atoms with E-state index in [-0.39, 0.29) is 42.1 Å². The molecule has 0 amide bonds. The third-order valence-electron chi connectivity index (χ3n) is 6.67. The van der Waals surface area contributed by atoms with Gasteiger partial charge in [0, 0.05) is 17.7 Å². The first kappa shape index (κ1) is 26.7. The van der Waals surface area contributed by atoms with E-state index in [1.165, 1.54) is 18.2 Å². The van der Waals surface area contributed by atoms with Crippen LogP contribution in [0.3, 0.4) is 0 Å². The molecular formula is C30H30F4O3. The van der Waals surface area contributed by atoms with Crippen molar-refractivity contribution in [1.82, 2.24) is 0 Å². The lowest BCUT2D eigenvalue weighted by Crippen LogP contribution is -2.21. The fraction of sp³-hybridized carbons (Fsp3) is 0.333. The predicted molar refractivity (Wildman–Crippen MR) is 135 cm³/mol. The van der Waals surface area contributed by atoms with Gasteiger partial charge in [-0.25, -0.2) is 13.2 Å². The van der Waals surface area contributed by atoms with E-state index in [9.17, 15) is 8.78 Å². The van der Waals surface area contributed by atoms with Crippen LogP contribution in [0.15, 0.2) is 61.2 Å². The third-order valence-corrected chi connectivity index (χ3v) is 6.67. The van der Waals surface area contributed by atoms with Crippen molar-refractivity contribution >= 4 is 0 Å². The third kappa shape index (κ3) is 6.16. The Balaban J connectivity index is 1.42. The Kier molecular flexibility index (Phi) is 8.87. The summed E-state index contributed by atoms with van der Waals surface area (Å²) in [5.41, 5.74) is 1.06. The molecule has 0 bridgehead atoms. The number of ether oxygens (including phenoxy) is 3. The smallest absolute Gasteiger partial charge is 0.201 e. The van der Waals surface area contributed by atoms with Crippen molar-refractivity contribution < 1.29 is 31.8 Å². The predicted octanol–water partition coefficient (Wildman–Crippen LogP) is 8.12. The van der Waals surface area contributed by atoms with Gasteiger partial charge in [0.25, 0.3) is 0 Å². The number of hydrogen-bond donors (Lipinski definition) is 0. The van der Waals surface area contributed by atoms with Crippen LogP contribution in [-0.2, 0) is 11.3 Å². The van der Waals surface area contributed by atoms with Crippen LogP contribution in [0.5, 0.6) is 11.5 Å². The Morgan fingerprint density at radius 3 is 2.22 bits per heavy atom. The Morgan fingerprint density at radius 1 is 0.811 bits per heavy atom. The van der Waals surface area contributed by atoms with E-state index in [1.54, 1.807) is 36.4 Å². The van der Waals surface area contributed by atoms with E-state index >= 15 is 8.78 Å². The summed E-state index contributed by atoms with van der Waals surface area (Å²) < 4.78 is 74.9. The maximum Gasteiger partial charge on any atom is 0.201 e. The summed E-state index contributed by atoms with van der Waals surface area (Å²) in [6.07, 6.45) is 4.84. The second-order valence-corrected chi connectivity index (χ2v) is 9.02. The lowest BCUT2D eigenvalue weighted by Gasteiger charge is -2.29. The highest BCUT2D eigenvalue weighted by Crippen LogP contribution is 2.38. The minimum Gasteiger partial charge on any atom is -0.489 e. The van der Waals surface area contributed by atoms with Crippen molar-refractivity contribution in [1.29, 1.82) is 0 Å². The van der Waals surface area contributed by atoms with Crippen molar-refractivity contribution in [3.8, 4) is 22.6 Å². The van der Waals surface area contributed by atoms with Crippen LogP contribution >= 0.6 is 0 Å². The molecule has 0 aromatic heterocycles. The first-order chi connectivity index (χ1) is 17.9. The van der Waals surface area contributed by atoms with Crippen molar-refractivity contribution in [3.05, 3.63) is 95.6 Å². The molecule has 1 aliphatic rings. The molecule has 4 rings (SSSR count). The maximum absolute atomic E-state index is 15.0. The molecule has 3 aromatic carbocycles. The molecule has 0 spiro atoms. The zero-order chi connectivity index (χ0) is 26.4. The summed E-state index contributed by atoms with van der Waals surface area (Å²) in [6, 6.07) is 12.3. The molecule has 0 heterocycles. The lowest BCUT2D eigenvalue weighted by molar-refractivity contribution is 0.0325. The van der Waals surface area contributed by atoms with Gasteiger partial charge in [0.15, 0.2) is 23.2 Å². The Hall–Kier alpha value is -3.32. The molecule has 3 nitrogen and oxygen atoms in total. The van der Waals surface area contributed by atoms with Crippen LogP contribution in [0.25, 0.3) is 11.1 Å². The molecule has 7 heteroatoms. The zero-order valence-corrected chi connectivity index (χ0v) is 20.7. The minimum atomic E-state index is -1.10. The van der Waals surface area contributed by atoms with E-state index in [2.05, 4.69) is 6.58 Å². The second kappa shape index (κ2) is 12.3. The van der Waals surface area contributed by atoms with Crippen LogP contribution in [0.4, 0.5) is 17.6 Å². The van der Waals surface area contributed by atoms with Crippen LogP contribution in [0.2, 0.25) is 0 Å². The van der Waals surface area contributed by atoms with Crippen molar-refractivity contribution in [2.45, 2.75) is 51.2 Å². The van der Waals surface area contributed by atoms with Crippen LogP contribution in [-0.4, -0.2) is 19.3 Å². The molecule has 37 heavy (non-hydrogen) atoms. The highest BCUT2D eigenvalue weighted by molar-refractivity contribution is 5.65. The van der Waals surface area contributed by atoms with E-state index < -0.39 is 23.3 Å². The Morgan fingerprint density at radius 2 is 1.54 bits per heavy atom. The molecule has 0 aliphatic heterocycles. The van der Waals surface area contributed by atoms with E-state index in [4.69, 9.17) is 14.2 Å². The van der Waals surface area contributed by atoms with E-state index in [0.29, 0.717) is 23.5 Å². The molecule has 3 aromatic rings. The summed E-state index contributed by atoms with van der Waals surface area (Å²) in [5.74, 6) is -3.69. The van der Waals surface area contributed by atoms with Gasteiger partial charge >= 0.3 is 0 Å². The maximum atomic E-state index is 15.0. The van der Waals surface area contributed by atoms with Gasteiger partial charge in [0.2, 0.25) is 5.82 Å². The normalized spacial score (nSPS) is 17.4. The molecule has 1 fully saturated rings. The first-order valence-electron chi connectivity index (χ1n) is 12.5. The number of benzene rings is 3. The molecule has 196 valence electrons. The van der Waals surface area contributed by atoms with Gasteiger partial charge in [-0.15, -0.1) is 0 Å². The van der Waals surface area contributed by atoms with Gasteiger partial charge in [-0.3, -0.25) is 0 Å². The second-order valence-electron chi connectivity index (χ2n) is 9.02. The van der Waals surface area contributed by atoms with Crippen molar-refractivity contribution in [3.63, 3.8) is 0 Å². The van der Waals surface area contributed by atoms with Crippen LogP contribution in [0.1, 0.15) is 49.7 Å². The first-order valence-corrected chi connectivity index (χ1v) is 12.5. The SMILES string of the molecule is C=CCOc1ccc(COc2ccc(-c3ccc(C4CCC(OCC)CC4)c(F)c3F)cc2)c(F)c1F. The van der Waals surface area contributed by atoms with Crippen molar-refractivity contribution in [2.24, 2.45) is 0 Å². The number of hydrogen-bond acceptors (Lipinski definition) is 3. The van der Waals surface area contributed by atoms with Gasteiger partial charge in [-0.2, -0.15) is 4.39 Å². The topological polar surface area (TPSA) is 27.7 Å². The summed E-state index contributed by atoms with van der Waals surface area (Å²) in [7, 11) is 0. The Labute approximate surface area is 214 Å². The number of halogens is 4. The fourth-order valence-electron chi connectivity index (χ4n) is 4.71. The molecule has 0 radical (unpaired) electrons. The molecule has 1 aliphatic carbocycles. The van der Waals surface area contributed by atoms with Crippen LogP contribution in [0, 0.1) is 23.3 Å². The summed E-state index contributed by atoms with van der Waals surface area (Å²) in [5, 5.41) is 0. The highest BCUT2D eigenvalue weighted by atomic mass is 19.2. The average Bonchev–Trinajstić information content (AvgIpc) is 2.92. The Bertz CT molecular complexity index is 1220. The van der Waals surface area contributed by atoms with Gasteiger partial charge in [-0.05, 0) is 73.9 Å². The van der Waals surface area contributed by atoms with Gasteiger partial charge < -0.3 is 14.2 Å².